The van der Waals surface area contributed by atoms with Crippen LogP contribution in [0.1, 0.15) is 5.56 Å². The highest BCUT2D eigenvalue weighted by atomic mass is 16.7. The molecular weight excluding hydrogens is 206 g/mol. The van der Waals surface area contributed by atoms with Crippen molar-refractivity contribution < 1.29 is 14.2 Å². The fourth-order valence-corrected chi connectivity index (χ4v) is 1.56. The highest BCUT2D eigenvalue weighted by Crippen LogP contribution is 2.12. The Hall–Kier alpha value is -1.10. The van der Waals surface area contributed by atoms with E-state index >= 15 is 0 Å². The molecule has 2 rings (SSSR count). The van der Waals surface area contributed by atoms with Gasteiger partial charge in [0.05, 0.1) is 20.3 Å². The lowest BCUT2D eigenvalue weighted by Crippen LogP contribution is -2.39. The molecule has 1 heterocycles. The molecule has 88 valence electrons. The first-order chi connectivity index (χ1) is 7.88. The Labute approximate surface area is 95.5 Å². The molecule has 0 radical (unpaired) electrons. The highest BCUT2D eigenvalue weighted by Gasteiger charge is 2.13. The van der Waals surface area contributed by atoms with Gasteiger partial charge < -0.3 is 19.5 Å². The lowest BCUT2D eigenvalue weighted by atomic mass is 10.2. The van der Waals surface area contributed by atoms with Crippen molar-refractivity contribution in [2.75, 3.05) is 26.8 Å². The molecule has 0 aromatic heterocycles. The van der Waals surface area contributed by atoms with Crippen LogP contribution in [-0.2, 0) is 16.1 Å². The number of methoxy groups -OCH3 is 1. The fraction of sp³-hybridized carbons (Fsp3) is 0.500. The standard InChI is InChI=1S/C12H17NO3/c1-14-11-4-2-10(3-5-11)9-16-12-8-13-6-7-15-12/h2-5,12-13H,6-9H2,1H3/t12-/m0/s1. The number of nitrogens with one attached hydrogen (secondary N) is 1. The Kier molecular flexibility index (Phi) is 4.16. The van der Waals surface area contributed by atoms with Crippen LogP contribution in [0.3, 0.4) is 0 Å². The predicted octanol–water partition coefficient (Wildman–Crippen LogP) is 1.16. The number of ether oxygens (including phenoxy) is 3. The first kappa shape index (κ1) is 11.4. The minimum Gasteiger partial charge on any atom is -0.497 e. The van der Waals surface area contributed by atoms with Crippen LogP contribution in [0.4, 0.5) is 0 Å². The van der Waals surface area contributed by atoms with Gasteiger partial charge in [-0.1, -0.05) is 12.1 Å². The van der Waals surface area contributed by atoms with Gasteiger partial charge in [0.25, 0.3) is 0 Å². The van der Waals surface area contributed by atoms with Gasteiger partial charge in [-0.15, -0.1) is 0 Å². The Morgan fingerprint density at radius 1 is 1.38 bits per heavy atom. The van der Waals surface area contributed by atoms with Gasteiger partial charge in [-0.2, -0.15) is 0 Å². The molecule has 1 aliphatic rings. The molecule has 0 amide bonds. The van der Waals surface area contributed by atoms with Crippen LogP contribution in [0.25, 0.3) is 0 Å². The average molecular weight is 223 g/mol. The van der Waals surface area contributed by atoms with E-state index in [1.165, 1.54) is 0 Å². The number of benzene rings is 1. The van der Waals surface area contributed by atoms with E-state index in [0.717, 1.165) is 24.4 Å². The van der Waals surface area contributed by atoms with E-state index in [4.69, 9.17) is 14.2 Å². The molecule has 1 fully saturated rings. The van der Waals surface area contributed by atoms with Crippen LogP contribution in [0.5, 0.6) is 5.75 Å². The zero-order valence-corrected chi connectivity index (χ0v) is 9.44. The molecule has 0 spiro atoms. The molecule has 1 aromatic rings. The lowest BCUT2D eigenvalue weighted by Gasteiger charge is -2.23. The number of hydrogen-bond donors (Lipinski definition) is 1. The molecule has 4 nitrogen and oxygen atoms in total. The monoisotopic (exact) mass is 223 g/mol. The summed E-state index contributed by atoms with van der Waals surface area (Å²) in [5, 5.41) is 3.22. The molecule has 0 aliphatic carbocycles. The zero-order valence-electron chi connectivity index (χ0n) is 9.44. The molecule has 1 aromatic carbocycles. The van der Waals surface area contributed by atoms with Crippen molar-refractivity contribution in [1.29, 1.82) is 0 Å². The molecule has 1 saturated heterocycles. The molecule has 4 heteroatoms. The Bertz CT molecular complexity index is 307. The van der Waals surface area contributed by atoms with Gasteiger partial charge in [-0.05, 0) is 17.7 Å². The molecule has 16 heavy (non-hydrogen) atoms. The van der Waals surface area contributed by atoms with Gasteiger partial charge in [0.1, 0.15) is 5.75 Å². The summed E-state index contributed by atoms with van der Waals surface area (Å²) in [5.41, 5.74) is 1.12. The van der Waals surface area contributed by atoms with E-state index in [1.54, 1.807) is 7.11 Å². The number of rotatable bonds is 4. The van der Waals surface area contributed by atoms with Crippen molar-refractivity contribution in [2.45, 2.75) is 12.9 Å². The van der Waals surface area contributed by atoms with Crippen molar-refractivity contribution >= 4 is 0 Å². The summed E-state index contributed by atoms with van der Waals surface area (Å²) in [7, 11) is 1.66. The van der Waals surface area contributed by atoms with Crippen LogP contribution in [0, 0.1) is 0 Å². The smallest absolute Gasteiger partial charge is 0.170 e. The second-order valence-electron chi connectivity index (χ2n) is 3.66. The zero-order chi connectivity index (χ0) is 11.2. The number of hydrogen-bond acceptors (Lipinski definition) is 4. The summed E-state index contributed by atoms with van der Waals surface area (Å²) in [6, 6.07) is 7.85. The van der Waals surface area contributed by atoms with Crippen LogP contribution < -0.4 is 10.1 Å². The second kappa shape index (κ2) is 5.84. The summed E-state index contributed by atoms with van der Waals surface area (Å²) in [4.78, 5) is 0. The number of morpholine rings is 1. The fourth-order valence-electron chi connectivity index (χ4n) is 1.56. The van der Waals surface area contributed by atoms with E-state index in [-0.39, 0.29) is 6.29 Å². The third kappa shape index (κ3) is 3.20. The molecule has 0 unspecified atom stereocenters. The molecular formula is C12H17NO3. The third-order valence-corrected chi connectivity index (χ3v) is 2.49. The van der Waals surface area contributed by atoms with Crippen LogP contribution in [-0.4, -0.2) is 33.1 Å². The summed E-state index contributed by atoms with van der Waals surface area (Å²) in [6.07, 6.45) is -0.129. The third-order valence-electron chi connectivity index (χ3n) is 2.49. The molecule has 0 bridgehead atoms. The minimum absolute atomic E-state index is 0.129. The van der Waals surface area contributed by atoms with Gasteiger partial charge in [0.15, 0.2) is 6.29 Å². The maximum absolute atomic E-state index is 5.62. The van der Waals surface area contributed by atoms with E-state index in [9.17, 15) is 0 Å². The summed E-state index contributed by atoms with van der Waals surface area (Å²) < 4.78 is 16.1. The Balaban J connectivity index is 1.79. The molecule has 1 atom stereocenters. The van der Waals surface area contributed by atoms with E-state index < -0.39 is 0 Å². The predicted molar refractivity (Wildman–Crippen MR) is 60.4 cm³/mol. The van der Waals surface area contributed by atoms with Crippen LogP contribution in [0.15, 0.2) is 24.3 Å². The quantitative estimate of drug-likeness (QED) is 0.831. The molecule has 0 saturated carbocycles. The summed E-state index contributed by atoms with van der Waals surface area (Å²) in [5.74, 6) is 0.860. The van der Waals surface area contributed by atoms with Gasteiger partial charge in [0.2, 0.25) is 0 Å². The summed E-state index contributed by atoms with van der Waals surface area (Å²) in [6.45, 7) is 2.95. The van der Waals surface area contributed by atoms with Gasteiger partial charge in [0, 0.05) is 13.1 Å². The topological polar surface area (TPSA) is 39.7 Å². The Morgan fingerprint density at radius 3 is 2.81 bits per heavy atom. The largest absolute Gasteiger partial charge is 0.497 e. The summed E-state index contributed by atoms with van der Waals surface area (Å²) >= 11 is 0. The first-order valence-corrected chi connectivity index (χ1v) is 5.45. The van der Waals surface area contributed by atoms with Crippen molar-refractivity contribution in [2.24, 2.45) is 0 Å². The van der Waals surface area contributed by atoms with Crippen molar-refractivity contribution in [3.63, 3.8) is 0 Å². The van der Waals surface area contributed by atoms with Gasteiger partial charge in [-0.25, -0.2) is 0 Å². The first-order valence-electron chi connectivity index (χ1n) is 5.45. The second-order valence-corrected chi connectivity index (χ2v) is 3.66. The maximum Gasteiger partial charge on any atom is 0.170 e. The normalized spacial score (nSPS) is 20.7. The average Bonchev–Trinajstić information content (AvgIpc) is 2.38. The SMILES string of the molecule is COc1ccc(CO[C@H]2CNCCO2)cc1. The van der Waals surface area contributed by atoms with Gasteiger partial charge >= 0.3 is 0 Å². The van der Waals surface area contributed by atoms with Crippen LogP contribution in [0.2, 0.25) is 0 Å². The van der Waals surface area contributed by atoms with Crippen molar-refractivity contribution in [1.82, 2.24) is 5.32 Å². The highest BCUT2D eigenvalue weighted by molar-refractivity contribution is 5.26. The van der Waals surface area contributed by atoms with Crippen LogP contribution >= 0.6 is 0 Å². The lowest BCUT2D eigenvalue weighted by molar-refractivity contribution is -0.159. The Morgan fingerprint density at radius 2 is 2.19 bits per heavy atom. The van der Waals surface area contributed by atoms with Gasteiger partial charge in [-0.3, -0.25) is 0 Å². The minimum atomic E-state index is -0.129. The van der Waals surface area contributed by atoms with E-state index in [1.807, 2.05) is 24.3 Å². The molecule has 1 aliphatic heterocycles. The van der Waals surface area contributed by atoms with E-state index in [2.05, 4.69) is 5.32 Å². The maximum atomic E-state index is 5.62. The molecule has 1 N–H and O–H groups in total. The van der Waals surface area contributed by atoms with Crippen molar-refractivity contribution in [3.8, 4) is 5.75 Å². The van der Waals surface area contributed by atoms with E-state index in [0.29, 0.717) is 13.2 Å². The van der Waals surface area contributed by atoms with Crippen molar-refractivity contribution in [3.05, 3.63) is 29.8 Å².